The van der Waals surface area contributed by atoms with Crippen LogP contribution in [0, 0.1) is 0 Å². The van der Waals surface area contributed by atoms with Crippen LogP contribution in [0.3, 0.4) is 0 Å². The molecule has 5 nitrogen and oxygen atoms in total. The molecule has 0 saturated carbocycles. The number of benzene rings is 1. The van der Waals surface area contributed by atoms with E-state index in [1.807, 2.05) is 49.3 Å². The molecule has 1 fully saturated rings. The third-order valence-electron chi connectivity index (χ3n) is 3.82. The molecule has 1 saturated heterocycles. The highest BCUT2D eigenvalue weighted by Gasteiger charge is 2.22. The zero-order valence-electron chi connectivity index (χ0n) is 13.0. The summed E-state index contributed by atoms with van der Waals surface area (Å²) in [6.07, 6.45) is 0. The maximum absolute atomic E-state index is 12.4. The van der Waals surface area contributed by atoms with E-state index in [0.29, 0.717) is 6.54 Å². The van der Waals surface area contributed by atoms with Gasteiger partial charge in [0.15, 0.2) is 0 Å². The molecular formula is C16H26N4O. The van der Waals surface area contributed by atoms with Crippen LogP contribution in [0.5, 0.6) is 0 Å². The maximum Gasteiger partial charge on any atom is 0.241 e. The van der Waals surface area contributed by atoms with Crippen molar-refractivity contribution in [2.24, 2.45) is 0 Å². The Morgan fingerprint density at radius 2 is 1.95 bits per heavy atom. The molecule has 1 aromatic rings. The molecule has 1 amide bonds. The van der Waals surface area contributed by atoms with Crippen LogP contribution >= 0.6 is 0 Å². The van der Waals surface area contributed by atoms with E-state index in [2.05, 4.69) is 15.5 Å². The Hall–Kier alpha value is -1.43. The van der Waals surface area contributed by atoms with Gasteiger partial charge in [0.05, 0.1) is 0 Å². The normalized spacial score (nSPS) is 17.7. The van der Waals surface area contributed by atoms with Gasteiger partial charge in [-0.1, -0.05) is 30.3 Å². The summed E-state index contributed by atoms with van der Waals surface area (Å²) in [5.74, 6) is 0.0707. The van der Waals surface area contributed by atoms with Crippen LogP contribution in [0.2, 0.25) is 0 Å². The summed E-state index contributed by atoms with van der Waals surface area (Å²) in [6.45, 7) is 5.83. The minimum atomic E-state index is -0.228. The first-order valence-corrected chi connectivity index (χ1v) is 7.60. The predicted octanol–water partition coefficient (Wildman–Crippen LogP) is 0.311. The lowest BCUT2D eigenvalue weighted by atomic mass is 10.1. The number of nitrogens with zero attached hydrogens (tertiary/aromatic N) is 2. The Kier molecular flexibility index (Phi) is 6.17. The molecule has 21 heavy (non-hydrogen) atoms. The van der Waals surface area contributed by atoms with Crippen molar-refractivity contribution < 1.29 is 4.79 Å². The van der Waals surface area contributed by atoms with Crippen molar-refractivity contribution in [1.82, 2.24) is 20.4 Å². The number of rotatable bonds is 6. The minimum Gasteiger partial charge on any atom is -0.353 e. The first kappa shape index (κ1) is 15.9. The molecule has 0 spiro atoms. The number of carbonyl (C=O) groups is 1. The van der Waals surface area contributed by atoms with Gasteiger partial charge in [-0.05, 0) is 19.7 Å². The SMILES string of the molecule is CN(C)C(C(=O)NCCN1CCNCC1)c1ccccc1. The fourth-order valence-electron chi connectivity index (χ4n) is 2.69. The molecule has 1 aromatic carbocycles. The minimum absolute atomic E-state index is 0.0707. The Balaban J connectivity index is 1.84. The summed E-state index contributed by atoms with van der Waals surface area (Å²) in [4.78, 5) is 16.8. The molecular weight excluding hydrogens is 264 g/mol. The van der Waals surface area contributed by atoms with Crippen molar-refractivity contribution in [3.8, 4) is 0 Å². The fourth-order valence-corrected chi connectivity index (χ4v) is 2.69. The van der Waals surface area contributed by atoms with Gasteiger partial charge in [-0.15, -0.1) is 0 Å². The van der Waals surface area contributed by atoms with Gasteiger partial charge in [-0.2, -0.15) is 0 Å². The predicted molar refractivity (Wildman–Crippen MR) is 85.2 cm³/mol. The molecule has 2 N–H and O–H groups in total. The third-order valence-corrected chi connectivity index (χ3v) is 3.82. The number of amides is 1. The number of likely N-dealkylation sites (N-methyl/N-ethyl adjacent to an activating group) is 1. The van der Waals surface area contributed by atoms with E-state index in [1.165, 1.54) is 0 Å². The van der Waals surface area contributed by atoms with E-state index >= 15 is 0 Å². The van der Waals surface area contributed by atoms with Crippen molar-refractivity contribution in [1.29, 1.82) is 0 Å². The molecule has 0 radical (unpaired) electrons. The number of piperazine rings is 1. The van der Waals surface area contributed by atoms with Crippen LogP contribution in [0.15, 0.2) is 30.3 Å². The van der Waals surface area contributed by atoms with Crippen molar-refractivity contribution in [2.45, 2.75) is 6.04 Å². The number of hydrogen-bond acceptors (Lipinski definition) is 4. The lowest BCUT2D eigenvalue weighted by molar-refractivity contribution is -0.125. The van der Waals surface area contributed by atoms with E-state index in [9.17, 15) is 4.79 Å². The van der Waals surface area contributed by atoms with Gasteiger partial charge < -0.3 is 10.6 Å². The van der Waals surface area contributed by atoms with Crippen LogP contribution in [0.25, 0.3) is 0 Å². The van der Waals surface area contributed by atoms with Gasteiger partial charge >= 0.3 is 0 Å². The van der Waals surface area contributed by atoms with Gasteiger partial charge in [0, 0.05) is 39.3 Å². The summed E-state index contributed by atoms with van der Waals surface area (Å²) in [5, 5.41) is 6.40. The van der Waals surface area contributed by atoms with Gasteiger partial charge in [0.2, 0.25) is 5.91 Å². The van der Waals surface area contributed by atoms with Crippen molar-refractivity contribution in [3.05, 3.63) is 35.9 Å². The highest BCUT2D eigenvalue weighted by atomic mass is 16.2. The third kappa shape index (κ3) is 4.81. The average Bonchev–Trinajstić information content (AvgIpc) is 2.49. The molecule has 1 heterocycles. The lowest BCUT2D eigenvalue weighted by Gasteiger charge is -2.28. The van der Waals surface area contributed by atoms with E-state index in [0.717, 1.165) is 38.3 Å². The lowest BCUT2D eigenvalue weighted by Crippen LogP contribution is -2.47. The first-order valence-electron chi connectivity index (χ1n) is 7.60. The second-order valence-corrected chi connectivity index (χ2v) is 5.66. The quantitative estimate of drug-likeness (QED) is 0.792. The van der Waals surface area contributed by atoms with Crippen LogP contribution in [0.1, 0.15) is 11.6 Å². The topological polar surface area (TPSA) is 47.6 Å². The molecule has 2 rings (SSSR count). The van der Waals surface area contributed by atoms with E-state index < -0.39 is 0 Å². The summed E-state index contributed by atoms with van der Waals surface area (Å²) in [7, 11) is 3.88. The smallest absolute Gasteiger partial charge is 0.241 e. The Labute approximate surface area is 127 Å². The summed E-state index contributed by atoms with van der Waals surface area (Å²) in [5.41, 5.74) is 1.03. The maximum atomic E-state index is 12.4. The largest absolute Gasteiger partial charge is 0.353 e. The Bertz CT molecular complexity index is 429. The zero-order valence-corrected chi connectivity index (χ0v) is 13.0. The summed E-state index contributed by atoms with van der Waals surface area (Å²) in [6, 6.07) is 9.69. The van der Waals surface area contributed by atoms with Crippen molar-refractivity contribution in [3.63, 3.8) is 0 Å². The molecule has 1 aliphatic rings. The van der Waals surface area contributed by atoms with E-state index in [-0.39, 0.29) is 11.9 Å². The highest BCUT2D eigenvalue weighted by molar-refractivity contribution is 5.83. The first-order chi connectivity index (χ1) is 10.2. The fraction of sp³-hybridized carbons (Fsp3) is 0.562. The second kappa shape index (κ2) is 8.12. The molecule has 116 valence electrons. The number of nitrogens with one attached hydrogen (secondary N) is 2. The molecule has 1 atom stereocenters. The number of carbonyl (C=O) groups excluding carboxylic acids is 1. The van der Waals surface area contributed by atoms with Gasteiger partial charge in [0.25, 0.3) is 0 Å². The van der Waals surface area contributed by atoms with Crippen molar-refractivity contribution in [2.75, 3.05) is 53.4 Å². The highest BCUT2D eigenvalue weighted by Crippen LogP contribution is 2.17. The van der Waals surface area contributed by atoms with Gasteiger partial charge in [-0.3, -0.25) is 14.6 Å². The molecule has 1 aliphatic heterocycles. The van der Waals surface area contributed by atoms with Gasteiger partial charge in [0.1, 0.15) is 6.04 Å². The second-order valence-electron chi connectivity index (χ2n) is 5.66. The monoisotopic (exact) mass is 290 g/mol. The molecule has 0 aliphatic carbocycles. The van der Waals surface area contributed by atoms with E-state index in [1.54, 1.807) is 0 Å². The summed E-state index contributed by atoms with van der Waals surface area (Å²) >= 11 is 0. The molecule has 0 aromatic heterocycles. The standard InChI is InChI=1S/C16H26N4O/c1-19(2)15(14-6-4-3-5-7-14)16(21)18-10-13-20-11-8-17-9-12-20/h3-7,15,17H,8-13H2,1-2H3,(H,18,21). The molecule has 0 bridgehead atoms. The van der Waals surface area contributed by atoms with Crippen LogP contribution in [-0.4, -0.2) is 69.1 Å². The van der Waals surface area contributed by atoms with Crippen molar-refractivity contribution >= 4 is 5.91 Å². The van der Waals surface area contributed by atoms with Crippen LogP contribution in [-0.2, 0) is 4.79 Å². The average molecular weight is 290 g/mol. The van der Waals surface area contributed by atoms with Crippen LogP contribution in [0.4, 0.5) is 0 Å². The Morgan fingerprint density at radius 1 is 1.29 bits per heavy atom. The number of hydrogen-bond donors (Lipinski definition) is 2. The van der Waals surface area contributed by atoms with Crippen LogP contribution < -0.4 is 10.6 Å². The zero-order chi connectivity index (χ0) is 15.1. The van der Waals surface area contributed by atoms with Gasteiger partial charge in [-0.25, -0.2) is 0 Å². The molecule has 1 unspecified atom stereocenters. The molecule has 5 heteroatoms. The van der Waals surface area contributed by atoms with E-state index in [4.69, 9.17) is 0 Å². The Morgan fingerprint density at radius 3 is 2.57 bits per heavy atom. The summed E-state index contributed by atoms with van der Waals surface area (Å²) < 4.78 is 0.